The number of alkyl halides is 3. The third-order valence-electron chi connectivity index (χ3n) is 5.31. The SMILES string of the molecule is O=C(NC1CCN(c2cccc(OC(F)(F)F)c2)C1=O)c1cccnc1N1CCCC1. The molecule has 2 saturated heterocycles. The quantitative estimate of drug-likeness (QED) is 0.783. The summed E-state index contributed by atoms with van der Waals surface area (Å²) >= 11 is 0. The molecule has 0 radical (unpaired) electrons. The van der Waals surface area contributed by atoms with Crippen molar-refractivity contribution in [3.05, 3.63) is 48.2 Å². The summed E-state index contributed by atoms with van der Waals surface area (Å²) in [4.78, 5) is 33.4. The van der Waals surface area contributed by atoms with Gasteiger partial charge in [-0.3, -0.25) is 9.59 Å². The van der Waals surface area contributed by atoms with Crippen LogP contribution >= 0.6 is 0 Å². The average Bonchev–Trinajstić information content (AvgIpc) is 3.38. The van der Waals surface area contributed by atoms with Gasteiger partial charge in [0.15, 0.2) is 0 Å². The zero-order chi connectivity index (χ0) is 22.0. The number of carbonyl (C=O) groups is 2. The van der Waals surface area contributed by atoms with Crippen LogP contribution in [0.3, 0.4) is 0 Å². The topological polar surface area (TPSA) is 74.8 Å². The molecule has 2 aliphatic heterocycles. The maximum absolute atomic E-state index is 12.9. The van der Waals surface area contributed by atoms with Crippen LogP contribution in [-0.2, 0) is 4.79 Å². The van der Waals surface area contributed by atoms with Gasteiger partial charge in [-0.2, -0.15) is 0 Å². The van der Waals surface area contributed by atoms with E-state index in [1.807, 2.05) is 4.90 Å². The summed E-state index contributed by atoms with van der Waals surface area (Å²) in [7, 11) is 0. The number of anilines is 2. The van der Waals surface area contributed by atoms with Gasteiger partial charge in [-0.15, -0.1) is 13.2 Å². The largest absolute Gasteiger partial charge is 0.573 e. The van der Waals surface area contributed by atoms with Gasteiger partial charge in [-0.1, -0.05) is 6.07 Å². The molecule has 2 amide bonds. The molecule has 2 aromatic rings. The zero-order valence-corrected chi connectivity index (χ0v) is 16.6. The minimum Gasteiger partial charge on any atom is -0.406 e. The molecule has 3 heterocycles. The summed E-state index contributed by atoms with van der Waals surface area (Å²) < 4.78 is 41.4. The molecule has 31 heavy (non-hydrogen) atoms. The Morgan fingerprint density at radius 1 is 1.13 bits per heavy atom. The highest BCUT2D eigenvalue weighted by atomic mass is 19.4. The zero-order valence-electron chi connectivity index (χ0n) is 16.6. The maximum Gasteiger partial charge on any atom is 0.573 e. The summed E-state index contributed by atoms with van der Waals surface area (Å²) in [6, 6.07) is 7.80. The van der Waals surface area contributed by atoms with E-state index >= 15 is 0 Å². The number of nitrogens with one attached hydrogen (secondary N) is 1. The van der Waals surface area contributed by atoms with E-state index in [0.717, 1.165) is 32.0 Å². The van der Waals surface area contributed by atoms with E-state index in [0.29, 0.717) is 17.8 Å². The van der Waals surface area contributed by atoms with Crippen LogP contribution in [0.5, 0.6) is 5.75 Å². The molecule has 1 aromatic heterocycles. The Balaban J connectivity index is 1.46. The molecule has 1 N–H and O–H groups in total. The standard InChI is InChI=1S/C21H21F3N4O3/c22-21(23,24)31-15-6-3-5-14(13-15)28-12-8-17(20(28)30)26-19(29)16-7-4-9-25-18(16)27-10-1-2-11-27/h3-7,9,13,17H,1-2,8,10-12H2,(H,26,29). The number of aromatic nitrogens is 1. The minimum absolute atomic E-state index is 0.269. The van der Waals surface area contributed by atoms with Crippen molar-refractivity contribution in [2.45, 2.75) is 31.7 Å². The molecule has 1 aromatic carbocycles. The average molecular weight is 434 g/mol. The van der Waals surface area contributed by atoms with Gasteiger partial charge < -0.3 is 19.9 Å². The first-order chi connectivity index (χ1) is 14.8. The summed E-state index contributed by atoms with van der Waals surface area (Å²) in [5.74, 6) is -0.596. The predicted molar refractivity (Wildman–Crippen MR) is 107 cm³/mol. The first-order valence-corrected chi connectivity index (χ1v) is 10.00. The number of benzene rings is 1. The second-order valence-corrected chi connectivity index (χ2v) is 7.42. The number of pyridine rings is 1. The van der Waals surface area contributed by atoms with E-state index in [1.165, 1.54) is 23.1 Å². The normalized spacial score (nSPS) is 19.1. The number of amides is 2. The Morgan fingerprint density at radius 3 is 2.65 bits per heavy atom. The second kappa shape index (κ2) is 8.44. The van der Waals surface area contributed by atoms with Crippen molar-refractivity contribution in [1.29, 1.82) is 0 Å². The number of ether oxygens (including phenoxy) is 1. The molecule has 2 fully saturated rings. The number of rotatable bonds is 5. The van der Waals surface area contributed by atoms with Crippen molar-refractivity contribution >= 4 is 23.3 Å². The van der Waals surface area contributed by atoms with Gasteiger partial charge in [-0.25, -0.2) is 4.98 Å². The molecule has 164 valence electrons. The van der Waals surface area contributed by atoms with Gasteiger partial charge in [0, 0.05) is 37.6 Å². The third-order valence-corrected chi connectivity index (χ3v) is 5.31. The Kier molecular flexibility index (Phi) is 5.71. The van der Waals surface area contributed by atoms with E-state index in [4.69, 9.17) is 0 Å². The monoisotopic (exact) mass is 434 g/mol. The maximum atomic E-state index is 12.9. The first-order valence-electron chi connectivity index (χ1n) is 10.00. The lowest BCUT2D eigenvalue weighted by Gasteiger charge is -2.21. The molecule has 2 aliphatic rings. The molecule has 10 heteroatoms. The van der Waals surface area contributed by atoms with Crippen LogP contribution < -0.4 is 19.9 Å². The van der Waals surface area contributed by atoms with E-state index in [9.17, 15) is 22.8 Å². The molecule has 0 saturated carbocycles. The third kappa shape index (κ3) is 4.73. The highest BCUT2D eigenvalue weighted by molar-refractivity contribution is 6.05. The lowest BCUT2D eigenvalue weighted by molar-refractivity contribution is -0.274. The van der Waals surface area contributed by atoms with Gasteiger partial charge in [0.2, 0.25) is 5.91 Å². The number of carbonyl (C=O) groups excluding carboxylic acids is 2. The number of hydrogen-bond donors (Lipinski definition) is 1. The highest BCUT2D eigenvalue weighted by Gasteiger charge is 2.35. The summed E-state index contributed by atoms with van der Waals surface area (Å²) in [6.45, 7) is 1.92. The van der Waals surface area contributed by atoms with Crippen molar-refractivity contribution in [2.75, 3.05) is 29.4 Å². The first kappa shape index (κ1) is 21.0. The summed E-state index contributed by atoms with van der Waals surface area (Å²) in [5, 5.41) is 2.75. The lowest BCUT2D eigenvalue weighted by atomic mass is 10.2. The smallest absolute Gasteiger partial charge is 0.406 e. The Labute approximate surface area is 176 Å². The van der Waals surface area contributed by atoms with E-state index in [-0.39, 0.29) is 18.1 Å². The van der Waals surface area contributed by atoms with E-state index in [2.05, 4.69) is 15.0 Å². The van der Waals surface area contributed by atoms with Gasteiger partial charge in [0.25, 0.3) is 5.91 Å². The molecule has 0 spiro atoms. The van der Waals surface area contributed by atoms with Gasteiger partial charge in [0.05, 0.1) is 5.56 Å². The summed E-state index contributed by atoms with van der Waals surface area (Å²) in [5.41, 5.74) is 0.679. The molecular weight excluding hydrogens is 413 g/mol. The van der Waals surface area contributed by atoms with Crippen LogP contribution in [0.15, 0.2) is 42.6 Å². The highest BCUT2D eigenvalue weighted by Crippen LogP contribution is 2.29. The van der Waals surface area contributed by atoms with Crippen LogP contribution in [0, 0.1) is 0 Å². The Hall–Kier alpha value is -3.30. The Bertz CT molecular complexity index is 976. The molecule has 0 aliphatic carbocycles. The molecular formula is C21H21F3N4O3. The fourth-order valence-electron chi connectivity index (χ4n) is 3.91. The number of nitrogens with zero attached hydrogens (tertiary/aromatic N) is 3. The van der Waals surface area contributed by atoms with Gasteiger partial charge >= 0.3 is 6.36 Å². The van der Waals surface area contributed by atoms with E-state index in [1.54, 1.807) is 18.3 Å². The van der Waals surface area contributed by atoms with Crippen molar-refractivity contribution in [3.8, 4) is 5.75 Å². The van der Waals surface area contributed by atoms with Gasteiger partial charge in [0.1, 0.15) is 17.6 Å². The fourth-order valence-corrected chi connectivity index (χ4v) is 3.91. The number of halogens is 3. The fraction of sp³-hybridized carbons (Fsp3) is 0.381. The van der Waals surface area contributed by atoms with Crippen LogP contribution in [0.2, 0.25) is 0 Å². The summed E-state index contributed by atoms with van der Waals surface area (Å²) in [6.07, 6.45) is -0.784. The molecule has 1 atom stereocenters. The van der Waals surface area contributed by atoms with Crippen molar-refractivity contribution in [3.63, 3.8) is 0 Å². The second-order valence-electron chi connectivity index (χ2n) is 7.42. The van der Waals surface area contributed by atoms with Crippen LogP contribution in [0.1, 0.15) is 29.6 Å². The van der Waals surface area contributed by atoms with Gasteiger partial charge in [-0.05, 0) is 43.5 Å². The van der Waals surface area contributed by atoms with Crippen molar-refractivity contribution < 1.29 is 27.5 Å². The van der Waals surface area contributed by atoms with Crippen molar-refractivity contribution in [1.82, 2.24) is 10.3 Å². The van der Waals surface area contributed by atoms with Crippen LogP contribution in [-0.4, -0.2) is 48.8 Å². The predicted octanol–water partition coefficient (Wildman–Crippen LogP) is 3.12. The van der Waals surface area contributed by atoms with Crippen molar-refractivity contribution in [2.24, 2.45) is 0 Å². The minimum atomic E-state index is -4.82. The molecule has 1 unspecified atom stereocenters. The van der Waals surface area contributed by atoms with E-state index < -0.39 is 24.1 Å². The van der Waals surface area contributed by atoms with Crippen LogP contribution in [0.25, 0.3) is 0 Å². The molecule has 0 bridgehead atoms. The Morgan fingerprint density at radius 2 is 1.90 bits per heavy atom. The lowest BCUT2D eigenvalue weighted by Crippen LogP contribution is -2.42. The number of hydrogen-bond acceptors (Lipinski definition) is 5. The molecule has 4 rings (SSSR count). The van der Waals surface area contributed by atoms with Crippen LogP contribution in [0.4, 0.5) is 24.7 Å². The molecule has 7 nitrogen and oxygen atoms in total.